The molecule has 0 unspecified atom stereocenters. The Balaban J connectivity index is 1.75. The number of nitrogens with one attached hydrogen (secondary N) is 2. The molecule has 1 aliphatic heterocycles. The summed E-state index contributed by atoms with van der Waals surface area (Å²) in [6.07, 6.45) is 4.26. The first-order chi connectivity index (χ1) is 12.0. The monoisotopic (exact) mass is 386 g/mol. The Morgan fingerprint density at radius 2 is 2.00 bits per heavy atom. The maximum absolute atomic E-state index is 12.7. The molecule has 1 fully saturated rings. The van der Waals surface area contributed by atoms with E-state index >= 15 is 0 Å². The first-order valence-corrected chi connectivity index (χ1v) is 11.1. The fourth-order valence-corrected chi connectivity index (χ4v) is 4.17. The molecule has 1 heterocycles. The molecule has 0 saturated heterocycles. The largest absolute Gasteiger partial charge is 0.486 e. The van der Waals surface area contributed by atoms with E-state index in [1.165, 1.54) is 12.1 Å². The summed E-state index contributed by atoms with van der Waals surface area (Å²) in [6.45, 7) is 0.819. The topological polar surface area (TPSA) is 93.7 Å². The highest BCUT2D eigenvalue weighted by molar-refractivity contribution is 7.98. The van der Waals surface area contributed by atoms with Gasteiger partial charge in [-0.25, -0.2) is 8.42 Å². The number of rotatable bonds is 8. The van der Waals surface area contributed by atoms with E-state index in [4.69, 9.17) is 9.47 Å². The van der Waals surface area contributed by atoms with Crippen molar-refractivity contribution in [1.82, 2.24) is 10.0 Å². The first-order valence-electron chi connectivity index (χ1n) is 8.21. The van der Waals surface area contributed by atoms with Gasteiger partial charge in [-0.2, -0.15) is 16.5 Å². The standard InChI is InChI=1S/C16H22N2O5S2/c1-24-9-6-13(16(19)17-11-2-3-11)18-25(20,21)12-4-5-14-15(10-12)23-8-7-22-14/h4-5,10-11,13,18H,2-3,6-9H2,1H3,(H,17,19)/t13-/m1/s1. The fraction of sp³-hybridized carbons (Fsp3) is 0.562. The molecule has 25 heavy (non-hydrogen) atoms. The van der Waals surface area contributed by atoms with Crippen molar-refractivity contribution in [2.75, 3.05) is 25.2 Å². The number of sulfonamides is 1. The van der Waals surface area contributed by atoms with Gasteiger partial charge in [0.1, 0.15) is 19.3 Å². The minimum atomic E-state index is -3.84. The van der Waals surface area contributed by atoms with E-state index in [1.807, 2.05) is 6.26 Å². The predicted molar refractivity (Wildman–Crippen MR) is 95.7 cm³/mol. The third-order valence-corrected chi connectivity index (χ3v) is 6.09. The van der Waals surface area contributed by atoms with Crippen LogP contribution in [0.15, 0.2) is 23.1 Å². The lowest BCUT2D eigenvalue weighted by Crippen LogP contribution is -2.47. The zero-order chi connectivity index (χ0) is 17.9. The second-order valence-electron chi connectivity index (χ2n) is 6.04. The van der Waals surface area contributed by atoms with Crippen LogP contribution in [0.4, 0.5) is 0 Å². The van der Waals surface area contributed by atoms with E-state index in [-0.39, 0.29) is 16.8 Å². The van der Waals surface area contributed by atoms with Crippen LogP contribution < -0.4 is 19.5 Å². The van der Waals surface area contributed by atoms with Crippen LogP contribution in [-0.4, -0.2) is 51.6 Å². The number of hydrogen-bond donors (Lipinski definition) is 2. The van der Waals surface area contributed by atoms with Crippen LogP contribution in [0.25, 0.3) is 0 Å². The van der Waals surface area contributed by atoms with Crippen LogP contribution >= 0.6 is 11.8 Å². The van der Waals surface area contributed by atoms with Crippen LogP contribution in [0.3, 0.4) is 0 Å². The lowest BCUT2D eigenvalue weighted by Gasteiger charge is -2.21. The number of ether oxygens (including phenoxy) is 2. The molecule has 2 N–H and O–H groups in total. The van der Waals surface area contributed by atoms with Crippen LogP contribution in [0.2, 0.25) is 0 Å². The minimum Gasteiger partial charge on any atom is -0.486 e. The van der Waals surface area contributed by atoms with Gasteiger partial charge < -0.3 is 14.8 Å². The first kappa shape index (κ1) is 18.3. The average molecular weight is 386 g/mol. The molecule has 138 valence electrons. The fourth-order valence-electron chi connectivity index (χ4n) is 2.45. The number of benzene rings is 1. The summed E-state index contributed by atoms with van der Waals surface area (Å²) in [6, 6.07) is 3.86. The number of carbonyl (C=O) groups is 1. The molecule has 1 aromatic rings. The van der Waals surface area contributed by atoms with Crippen molar-refractivity contribution in [3.63, 3.8) is 0 Å². The summed E-state index contributed by atoms with van der Waals surface area (Å²) in [5, 5.41) is 2.87. The minimum absolute atomic E-state index is 0.0603. The Labute approximate surface area is 151 Å². The van der Waals surface area contributed by atoms with E-state index in [0.29, 0.717) is 36.9 Å². The predicted octanol–water partition coefficient (Wildman–Crippen LogP) is 1.14. The van der Waals surface area contributed by atoms with Gasteiger partial charge >= 0.3 is 0 Å². The van der Waals surface area contributed by atoms with Crippen molar-refractivity contribution >= 4 is 27.7 Å². The Morgan fingerprint density at radius 1 is 1.28 bits per heavy atom. The molecule has 1 aliphatic carbocycles. The smallest absolute Gasteiger partial charge is 0.241 e. The third-order valence-electron chi connectivity index (χ3n) is 3.97. The average Bonchev–Trinajstić information content (AvgIpc) is 3.42. The van der Waals surface area contributed by atoms with Crippen molar-refractivity contribution in [3.8, 4) is 11.5 Å². The summed E-state index contributed by atoms with van der Waals surface area (Å²) in [7, 11) is -3.84. The van der Waals surface area contributed by atoms with Gasteiger partial charge in [-0.05, 0) is 43.4 Å². The molecular weight excluding hydrogens is 364 g/mol. The van der Waals surface area contributed by atoms with Crippen LogP contribution in [0.1, 0.15) is 19.3 Å². The maximum atomic E-state index is 12.7. The quantitative estimate of drug-likeness (QED) is 0.696. The highest BCUT2D eigenvalue weighted by Crippen LogP contribution is 2.32. The normalized spacial score (nSPS) is 17.8. The van der Waals surface area contributed by atoms with Crippen molar-refractivity contribution < 1.29 is 22.7 Å². The van der Waals surface area contributed by atoms with Gasteiger partial charge in [0.05, 0.1) is 4.90 Å². The van der Waals surface area contributed by atoms with Crippen molar-refractivity contribution in [2.24, 2.45) is 0 Å². The van der Waals surface area contributed by atoms with E-state index < -0.39 is 16.1 Å². The second-order valence-corrected chi connectivity index (χ2v) is 8.74. The second kappa shape index (κ2) is 7.84. The summed E-state index contributed by atoms with van der Waals surface area (Å²) in [5.41, 5.74) is 0. The molecule has 3 rings (SSSR count). The Morgan fingerprint density at radius 3 is 2.68 bits per heavy atom. The van der Waals surface area contributed by atoms with Gasteiger partial charge in [0.25, 0.3) is 0 Å². The Kier molecular flexibility index (Phi) is 5.75. The van der Waals surface area contributed by atoms with Crippen molar-refractivity contribution in [3.05, 3.63) is 18.2 Å². The molecule has 7 nitrogen and oxygen atoms in total. The molecule has 0 spiro atoms. The molecule has 9 heteroatoms. The van der Waals surface area contributed by atoms with Gasteiger partial charge in [0, 0.05) is 12.1 Å². The molecule has 0 aromatic heterocycles. The third kappa shape index (κ3) is 4.80. The summed E-state index contributed by atoms with van der Waals surface area (Å²) in [5.74, 6) is 1.34. The molecule has 0 bridgehead atoms. The molecule has 1 atom stereocenters. The van der Waals surface area contributed by atoms with Gasteiger partial charge in [-0.1, -0.05) is 0 Å². The molecule has 2 aliphatic rings. The van der Waals surface area contributed by atoms with Crippen LogP contribution in [-0.2, 0) is 14.8 Å². The summed E-state index contributed by atoms with van der Waals surface area (Å²) >= 11 is 1.57. The van der Waals surface area contributed by atoms with E-state index in [2.05, 4.69) is 10.0 Å². The SMILES string of the molecule is CSCC[C@@H](NS(=O)(=O)c1ccc2c(c1)OCCO2)C(=O)NC1CC1. The summed E-state index contributed by atoms with van der Waals surface area (Å²) in [4.78, 5) is 12.4. The lowest BCUT2D eigenvalue weighted by atomic mass is 10.2. The highest BCUT2D eigenvalue weighted by Gasteiger charge is 2.30. The number of hydrogen-bond acceptors (Lipinski definition) is 6. The highest BCUT2D eigenvalue weighted by atomic mass is 32.2. The van der Waals surface area contributed by atoms with Gasteiger partial charge in [0.2, 0.25) is 15.9 Å². The summed E-state index contributed by atoms with van der Waals surface area (Å²) < 4.78 is 38.8. The van der Waals surface area contributed by atoms with Crippen LogP contribution in [0.5, 0.6) is 11.5 Å². The van der Waals surface area contributed by atoms with Gasteiger partial charge in [0.15, 0.2) is 11.5 Å². The number of carbonyl (C=O) groups excluding carboxylic acids is 1. The van der Waals surface area contributed by atoms with E-state index in [9.17, 15) is 13.2 Å². The van der Waals surface area contributed by atoms with E-state index in [0.717, 1.165) is 12.8 Å². The maximum Gasteiger partial charge on any atom is 0.241 e. The molecule has 1 amide bonds. The van der Waals surface area contributed by atoms with E-state index in [1.54, 1.807) is 17.8 Å². The molecule has 0 radical (unpaired) electrons. The van der Waals surface area contributed by atoms with Crippen molar-refractivity contribution in [2.45, 2.75) is 36.2 Å². The molecule has 1 aromatic carbocycles. The zero-order valence-corrected chi connectivity index (χ0v) is 15.6. The zero-order valence-electron chi connectivity index (χ0n) is 14.0. The van der Waals surface area contributed by atoms with Crippen molar-refractivity contribution in [1.29, 1.82) is 0 Å². The van der Waals surface area contributed by atoms with Crippen LogP contribution in [0, 0.1) is 0 Å². The lowest BCUT2D eigenvalue weighted by molar-refractivity contribution is -0.122. The van der Waals surface area contributed by atoms with Gasteiger partial charge in [-0.3, -0.25) is 4.79 Å². The molecular formula is C16H22N2O5S2. The Bertz CT molecular complexity index is 734. The molecule has 1 saturated carbocycles. The number of thioether (sulfide) groups is 1. The Hall–Kier alpha value is -1.45. The number of fused-ring (bicyclic) bond motifs is 1. The van der Waals surface area contributed by atoms with Gasteiger partial charge in [-0.15, -0.1) is 0 Å². The number of amides is 1.